The number of amides is 1. The Hall–Kier alpha value is -4.35. The van der Waals surface area contributed by atoms with E-state index in [2.05, 4.69) is 14.9 Å². The van der Waals surface area contributed by atoms with Crippen LogP contribution in [0.3, 0.4) is 0 Å². The number of carbonyl (C=O) groups is 1. The van der Waals surface area contributed by atoms with Crippen molar-refractivity contribution in [1.82, 2.24) is 34.1 Å². The average molecular weight is 586 g/mol. The molecule has 11 heteroatoms. The molecular weight excluding hydrogens is 549 g/mol. The number of aliphatic hydroxyl groups excluding tert-OH is 1. The molecule has 4 heterocycles. The minimum Gasteiger partial charge on any atom is -0.395 e. The van der Waals surface area contributed by atoms with Crippen LogP contribution in [0, 0.1) is 5.82 Å². The van der Waals surface area contributed by atoms with Gasteiger partial charge in [-0.1, -0.05) is 6.07 Å². The second-order valence-corrected chi connectivity index (χ2v) is 11.6. The number of imidazole rings is 1. The van der Waals surface area contributed by atoms with Crippen LogP contribution in [0.1, 0.15) is 54.2 Å². The molecule has 1 amide bonds. The molecule has 1 aliphatic heterocycles. The van der Waals surface area contributed by atoms with Crippen molar-refractivity contribution in [3.63, 3.8) is 0 Å². The molecule has 0 spiro atoms. The maximum absolute atomic E-state index is 14.4. The Morgan fingerprint density at radius 3 is 2.81 bits per heavy atom. The SMILES string of the molecule is CC(C)N(C)C(=O)c1cc(F)ccc1-n1nc(C2CCCN(Cc3ccc4c(c3)[nH]c(=O)n4CCO)C2)c2ccncc21. The van der Waals surface area contributed by atoms with Gasteiger partial charge in [-0.3, -0.25) is 19.2 Å². The number of aromatic amines is 1. The van der Waals surface area contributed by atoms with E-state index in [9.17, 15) is 19.1 Å². The minimum atomic E-state index is -0.478. The molecule has 1 fully saturated rings. The van der Waals surface area contributed by atoms with Crippen LogP contribution in [-0.4, -0.2) is 77.9 Å². The van der Waals surface area contributed by atoms with Gasteiger partial charge >= 0.3 is 5.69 Å². The molecule has 2 aromatic carbocycles. The maximum Gasteiger partial charge on any atom is 0.326 e. The molecule has 0 bridgehead atoms. The second kappa shape index (κ2) is 11.7. The highest BCUT2D eigenvalue weighted by Crippen LogP contribution is 2.34. The molecule has 5 aromatic rings. The lowest BCUT2D eigenvalue weighted by molar-refractivity contribution is 0.0754. The Kier molecular flexibility index (Phi) is 7.85. The predicted molar refractivity (Wildman–Crippen MR) is 163 cm³/mol. The minimum absolute atomic E-state index is 0.0511. The normalized spacial score (nSPS) is 16.0. The Morgan fingerprint density at radius 2 is 2.02 bits per heavy atom. The molecule has 224 valence electrons. The van der Waals surface area contributed by atoms with Gasteiger partial charge in [0.2, 0.25) is 0 Å². The predicted octanol–water partition coefficient (Wildman–Crippen LogP) is 4.05. The molecule has 1 unspecified atom stereocenters. The summed E-state index contributed by atoms with van der Waals surface area (Å²) in [4.78, 5) is 36.9. The van der Waals surface area contributed by atoms with Gasteiger partial charge in [0.25, 0.3) is 5.91 Å². The Morgan fingerprint density at radius 1 is 1.19 bits per heavy atom. The highest BCUT2D eigenvalue weighted by molar-refractivity contribution is 5.98. The van der Waals surface area contributed by atoms with Crippen molar-refractivity contribution in [1.29, 1.82) is 0 Å². The number of fused-ring (bicyclic) bond motifs is 2. The van der Waals surface area contributed by atoms with Gasteiger partial charge in [0, 0.05) is 43.7 Å². The summed E-state index contributed by atoms with van der Waals surface area (Å²) < 4.78 is 17.7. The summed E-state index contributed by atoms with van der Waals surface area (Å²) in [6.07, 6.45) is 5.46. The highest BCUT2D eigenvalue weighted by Gasteiger charge is 2.28. The number of halogens is 1. The van der Waals surface area contributed by atoms with Crippen molar-refractivity contribution in [2.45, 2.75) is 51.7 Å². The molecule has 6 rings (SSSR count). The summed E-state index contributed by atoms with van der Waals surface area (Å²) in [7, 11) is 1.71. The van der Waals surface area contributed by atoms with E-state index in [1.807, 2.05) is 38.1 Å². The van der Waals surface area contributed by atoms with Gasteiger partial charge in [0.05, 0.1) is 52.8 Å². The van der Waals surface area contributed by atoms with E-state index in [1.54, 1.807) is 39.7 Å². The van der Waals surface area contributed by atoms with E-state index in [0.717, 1.165) is 65.7 Å². The van der Waals surface area contributed by atoms with Crippen LogP contribution in [0.15, 0.2) is 59.7 Å². The lowest BCUT2D eigenvalue weighted by Crippen LogP contribution is -2.34. The Balaban J connectivity index is 1.31. The van der Waals surface area contributed by atoms with Crippen molar-refractivity contribution in [2.75, 3.05) is 26.7 Å². The number of piperidine rings is 1. The maximum atomic E-state index is 14.4. The number of benzene rings is 2. The van der Waals surface area contributed by atoms with Crippen LogP contribution in [0.4, 0.5) is 4.39 Å². The number of H-pyrrole nitrogens is 1. The molecule has 10 nitrogen and oxygen atoms in total. The molecule has 3 aromatic heterocycles. The van der Waals surface area contributed by atoms with Crippen LogP contribution in [0.5, 0.6) is 0 Å². The third-order valence-corrected chi connectivity index (χ3v) is 8.48. The number of carbonyl (C=O) groups excluding carboxylic acids is 1. The van der Waals surface area contributed by atoms with Gasteiger partial charge in [-0.2, -0.15) is 5.10 Å². The number of nitrogens with zero attached hydrogens (tertiary/aromatic N) is 6. The van der Waals surface area contributed by atoms with E-state index >= 15 is 0 Å². The molecular formula is C32H36FN7O3. The molecule has 2 N–H and O–H groups in total. The number of pyridine rings is 1. The molecule has 0 aliphatic carbocycles. The molecule has 1 saturated heterocycles. The lowest BCUT2D eigenvalue weighted by Gasteiger charge is -2.32. The number of hydrogen-bond acceptors (Lipinski definition) is 6. The highest BCUT2D eigenvalue weighted by atomic mass is 19.1. The number of nitrogens with one attached hydrogen (secondary N) is 1. The molecule has 0 saturated carbocycles. The third kappa shape index (κ3) is 5.46. The van der Waals surface area contributed by atoms with Gasteiger partial charge in [-0.25, -0.2) is 13.9 Å². The zero-order valence-electron chi connectivity index (χ0n) is 24.6. The largest absolute Gasteiger partial charge is 0.395 e. The fraction of sp³-hybridized carbons (Fsp3) is 0.375. The summed E-state index contributed by atoms with van der Waals surface area (Å²) in [5, 5.41) is 15.3. The third-order valence-electron chi connectivity index (χ3n) is 8.48. The number of rotatable bonds is 8. The first-order valence-electron chi connectivity index (χ1n) is 14.7. The average Bonchev–Trinajstić information content (AvgIpc) is 3.53. The van der Waals surface area contributed by atoms with Gasteiger partial charge < -0.3 is 15.0 Å². The monoisotopic (exact) mass is 585 g/mol. The quantitative estimate of drug-likeness (QED) is 0.284. The zero-order valence-corrected chi connectivity index (χ0v) is 24.6. The van der Waals surface area contributed by atoms with Crippen molar-refractivity contribution in [2.24, 2.45) is 0 Å². The van der Waals surface area contributed by atoms with Gasteiger partial charge in [0.1, 0.15) is 5.82 Å². The van der Waals surface area contributed by atoms with Gasteiger partial charge in [-0.05, 0) is 75.2 Å². The van der Waals surface area contributed by atoms with Crippen molar-refractivity contribution in [3.8, 4) is 5.69 Å². The lowest BCUT2D eigenvalue weighted by atomic mass is 9.92. The topological polar surface area (TPSA) is 112 Å². The summed E-state index contributed by atoms with van der Waals surface area (Å²) in [6.45, 7) is 6.44. The summed E-state index contributed by atoms with van der Waals surface area (Å²) >= 11 is 0. The van der Waals surface area contributed by atoms with E-state index in [1.165, 1.54) is 12.1 Å². The van der Waals surface area contributed by atoms with Crippen LogP contribution in [0.2, 0.25) is 0 Å². The molecule has 43 heavy (non-hydrogen) atoms. The van der Waals surface area contributed by atoms with E-state index in [-0.39, 0.29) is 42.3 Å². The number of likely N-dealkylation sites (tertiary alicyclic amines) is 1. The fourth-order valence-electron chi connectivity index (χ4n) is 6.07. The van der Waals surface area contributed by atoms with Crippen molar-refractivity contribution < 1.29 is 14.3 Å². The first-order chi connectivity index (χ1) is 20.7. The van der Waals surface area contributed by atoms with E-state index in [0.29, 0.717) is 5.69 Å². The first-order valence-corrected chi connectivity index (χ1v) is 14.7. The van der Waals surface area contributed by atoms with E-state index < -0.39 is 5.82 Å². The van der Waals surface area contributed by atoms with Gasteiger partial charge in [-0.15, -0.1) is 0 Å². The van der Waals surface area contributed by atoms with Crippen LogP contribution < -0.4 is 5.69 Å². The summed E-state index contributed by atoms with van der Waals surface area (Å²) in [6, 6.07) is 12.1. The Labute approximate surface area is 248 Å². The summed E-state index contributed by atoms with van der Waals surface area (Å²) in [5.74, 6) is -0.603. The molecule has 1 atom stereocenters. The standard InChI is InChI=1S/C32H36FN7O3/c1-20(2)37(3)31(42)25-16-23(33)7-9-27(25)40-29-17-34-11-10-24(29)30(36-40)22-5-4-12-38(19-22)18-21-6-8-28-26(15-21)35-32(43)39(28)13-14-41/h6-11,15-17,20,22,41H,4-5,12-14,18-19H2,1-3H3,(H,35,43). The van der Waals surface area contributed by atoms with E-state index in [4.69, 9.17) is 5.10 Å². The van der Waals surface area contributed by atoms with Crippen LogP contribution in [0.25, 0.3) is 27.6 Å². The van der Waals surface area contributed by atoms with Gasteiger partial charge in [0.15, 0.2) is 0 Å². The number of hydrogen-bond donors (Lipinski definition) is 2. The fourth-order valence-corrected chi connectivity index (χ4v) is 6.07. The van der Waals surface area contributed by atoms with Crippen LogP contribution >= 0.6 is 0 Å². The smallest absolute Gasteiger partial charge is 0.326 e. The second-order valence-electron chi connectivity index (χ2n) is 11.6. The first kappa shape index (κ1) is 28.8. The zero-order chi connectivity index (χ0) is 30.2. The molecule has 0 radical (unpaired) electrons. The number of aromatic nitrogens is 5. The number of aliphatic hydroxyl groups is 1. The molecule has 1 aliphatic rings. The Bertz CT molecular complexity index is 1860. The summed E-state index contributed by atoms with van der Waals surface area (Å²) in [5.41, 5.74) is 4.88. The van der Waals surface area contributed by atoms with Crippen LogP contribution in [-0.2, 0) is 13.1 Å². The van der Waals surface area contributed by atoms with Crippen molar-refractivity contribution >= 4 is 27.8 Å². The van der Waals surface area contributed by atoms with Crippen molar-refractivity contribution in [3.05, 3.63) is 88.0 Å².